The molecule has 0 aliphatic carbocycles. The van der Waals surface area contributed by atoms with Gasteiger partial charge in [0.25, 0.3) is 5.91 Å². The first-order valence-electron chi connectivity index (χ1n) is 12.2. The van der Waals surface area contributed by atoms with Crippen molar-refractivity contribution >= 4 is 23.4 Å². The van der Waals surface area contributed by atoms with E-state index in [4.69, 9.17) is 9.47 Å². The number of carbonyl (C=O) groups excluding carboxylic acids is 3. The molecular formula is C27H32FN3O5. The zero-order valence-corrected chi connectivity index (χ0v) is 20.8. The van der Waals surface area contributed by atoms with Crippen LogP contribution in [0, 0.1) is 11.7 Å². The zero-order chi connectivity index (χ0) is 25.8. The van der Waals surface area contributed by atoms with Crippen LogP contribution in [0.1, 0.15) is 49.0 Å². The summed E-state index contributed by atoms with van der Waals surface area (Å²) in [6.07, 6.45) is 0.673. The van der Waals surface area contributed by atoms with Gasteiger partial charge in [-0.2, -0.15) is 0 Å². The Labute approximate surface area is 210 Å². The molecule has 2 N–H and O–H groups in total. The fraction of sp³-hybridized carbons (Fsp3) is 0.444. The first-order valence-corrected chi connectivity index (χ1v) is 12.2. The molecule has 0 radical (unpaired) electrons. The summed E-state index contributed by atoms with van der Waals surface area (Å²) in [7, 11) is 1.74. The number of hydrogen-bond donors (Lipinski definition) is 2. The third kappa shape index (κ3) is 5.84. The molecule has 1 saturated heterocycles. The monoisotopic (exact) mass is 497 g/mol. The highest BCUT2D eigenvalue weighted by Crippen LogP contribution is 2.32. The van der Waals surface area contributed by atoms with Crippen LogP contribution in [0.5, 0.6) is 5.75 Å². The second kappa shape index (κ2) is 11.1. The number of ether oxygens (including phenoxy) is 2. The van der Waals surface area contributed by atoms with E-state index in [2.05, 4.69) is 10.6 Å². The van der Waals surface area contributed by atoms with Gasteiger partial charge in [-0.05, 0) is 37.1 Å². The average molecular weight is 498 g/mol. The zero-order valence-electron chi connectivity index (χ0n) is 20.8. The molecule has 9 heteroatoms. The second-order valence-electron chi connectivity index (χ2n) is 9.60. The molecule has 0 bridgehead atoms. The molecule has 36 heavy (non-hydrogen) atoms. The number of likely N-dealkylation sites (N-methyl/N-ethyl adjacent to an activating group) is 1. The van der Waals surface area contributed by atoms with Gasteiger partial charge in [0.1, 0.15) is 24.3 Å². The van der Waals surface area contributed by atoms with E-state index in [0.29, 0.717) is 35.4 Å². The van der Waals surface area contributed by atoms with E-state index in [1.165, 1.54) is 6.07 Å². The fourth-order valence-electron chi connectivity index (χ4n) is 4.51. The summed E-state index contributed by atoms with van der Waals surface area (Å²) in [5.74, 6) is -0.697. The first kappa shape index (κ1) is 25.6. The molecule has 8 nitrogen and oxygen atoms in total. The fourth-order valence-corrected chi connectivity index (χ4v) is 4.51. The predicted octanol–water partition coefficient (Wildman–Crippen LogP) is 3.51. The molecule has 2 aromatic rings. The molecule has 2 aliphatic heterocycles. The Morgan fingerprint density at radius 2 is 1.94 bits per heavy atom. The number of nitrogens with zero attached hydrogens (tertiary/aromatic N) is 1. The highest BCUT2D eigenvalue weighted by Gasteiger charge is 2.39. The van der Waals surface area contributed by atoms with Gasteiger partial charge in [-0.3, -0.25) is 14.4 Å². The summed E-state index contributed by atoms with van der Waals surface area (Å²) in [6.45, 7) is 3.93. The highest BCUT2D eigenvalue weighted by molar-refractivity contribution is 6.00. The normalized spacial score (nSPS) is 21.5. The number of nitrogens with one attached hydrogen (secondary N) is 2. The third-order valence-corrected chi connectivity index (χ3v) is 6.65. The van der Waals surface area contributed by atoms with Crippen LogP contribution in [0.15, 0.2) is 42.5 Å². The van der Waals surface area contributed by atoms with Crippen molar-refractivity contribution < 1.29 is 28.2 Å². The molecule has 192 valence electrons. The summed E-state index contributed by atoms with van der Waals surface area (Å²) in [5, 5.41) is 5.57. The molecule has 2 heterocycles. The van der Waals surface area contributed by atoms with Gasteiger partial charge in [-0.25, -0.2) is 4.39 Å². The Hall–Kier alpha value is -3.46. The lowest BCUT2D eigenvalue weighted by Crippen LogP contribution is -2.53. The molecule has 0 unspecified atom stereocenters. The van der Waals surface area contributed by atoms with Crippen LogP contribution >= 0.6 is 0 Å². The number of rotatable bonds is 6. The molecule has 1 fully saturated rings. The third-order valence-electron chi connectivity index (χ3n) is 6.65. The SMILES string of the molecule is CC(C)C(=O)Nc1ccc2c(c1)C(=O)N(C)[C@H]1CC[C@@H](CC(=O)NCc3ccccc3F)O[C@@H]1CO2. The summed E-state index contributed by atoms with van der Waals surface area (Å²) in [6, 6.07) is 11.1. The van der Waals surface area contributed by atoms with Crippen LogP contribution in [0.2, 0.25) is 0 Å². The van der Waals surface area contributed by atoms with E-state index in [-0.39, 0.29) is 61.2 Å². The van der Waals surface area contributed by atoms with Crippen molar-refractivity contribution in [1.29, 1.82) is 0 Å². The first-order chi connectivity index (χ1) is 17.2. The van der Waals surface area contributed by atoms with Crippen LogP contribution in [0.4, 0.5) is 10.1 Å². The van der Waals surface area contributed by atoms with Gasteiger partial charge in [0.2, 0.25) is 11.8 Å². The Bertz CT molecular complexity index is 1140. The Morgan fingerprint density at radius 1 is 1.17 bits per heavy atom. The van der Waals surface area contributed by atoms with Gasteiger partial charge < -0.3 is 25.0 Å². The number of halogens is 1. The average Bonchev–Trinajstić information content (AvgIpc) is 2.86. The van der Waals surface area contributed by atoms with Crippen molar-refractivity contribution in [2.75, 3.05) is 19.0 Å². The van der Waals surface area contributed by atoms with Gasteiger partial charge >= 0.3 is 0 Å². The van der Waals surface area contributed by atoms with Gasteiger partial charge in [0, 0.05) is 30.8 Å². The Kier molecular flexibility index (Phi) is 7.88. The predicted molar refractivity (Wildman–Crippen MR) is 132 cm³/mol. The molecule has 4 rings (SSSR count). The summed E-state index contributed by atoms with van der Waals surface area (Å²) in [4.78, 5) is 39.5. The lowest BCUT2D eigenvalue weighted by Gasteiger charge is -2.42. The van der Waals surface area contributed by atoms with Crippen LogP contribution in [0.25, 0.3) is 0 Å². The van der Waals surface area contributed by atoms with Crippen LogP contribution in [-0.2, 0) is 20.9 Å². The number of carbonyl (C=O) groups is 3. The highest BCUT2D eigenvalue weighted by atomic mass is 19.1. The van der Waals surface area contributed by atoms with E-state index >= 15 is 0 Å². The lowest BCUT2D eigenvalue weighted by atomic mass is 9.94. The smallest absolute Gasteiger partial charge is 0.257 e. The van der Waals surface area contributed by atoms with Gasteiger partial charge in [-0.15, -0.1) is 0 Å². The molecule has 0 saturated carbocycles. The van der Waals surface area contributed by atoms with E-state index < -0.39 is 6.10 Å². The largest absolute Gasteiger partial charge is 0.490 e. The number of amides is 3. The van der Waals surface area contributed by atoms with Gasteiger partial charge in [-0.1, -0.05) is 32.0 Å². The number of hydrogen-bond acceptors (Lipinski definition) is 5. The van der Waals surface area contributed by atoms with Crippen molar-refractivity contribution in [2.45, 2.75) is 57.9 Å². The van der Waals surface area contributed by atoms with Gasteiger partial charge in [0.05, 0.1) is 24.1 Å². The van der Waals surface area contributed by atoms with Crippen molar-refractivity contribution in [3.05, 3.63) is 59.4 Å². The minimum absolute atomic E-state index is 0.112. The van der Waals surface area contributed by atoms with Crippen molar-refractivity contribution in [3.63, 3.8) is 0 Å². The number of benzene rings is 2. The minimum Gasteiger partial charge on any atom is -0.490 e. The summed E-state index contributed by atoms with van der Waals surface area (Å²) in [5.41, 5.74) is 1.35. The molecule has 0 aromatic heterocycles. The Morgan fingerprint density at radius 3 is 2.69 bits per heavy atom. The van der Waals surface area contributed by atoms with Crippen LogP contribution in [-0.4, -0.2) is 54.5 Å². The van der Waals surface area contributed by atoms with Crippen molar-refractivity contribution in [2.24, 2.45) is 5.92 Å². The second-order valence-corrected chi connectivity index (χ2v) is 9.60. The topological polar surface area (TPSA) is 97.0 Å². The maximum absolute atomic E-state index is 13.8. The van der Waals surface area contributed by atoms with E-state index in [1.54, 1.807) is 62.2 Å². The molecular weight excluding hydrogens is 465 g/mol. The number of anilines is 1. The molecule has 2 aliphatic rings. The lowest BCUT2D eigenvalue weighted by molar-refractivity contribution is -0.134. The van der Waals surface area contributed by atoms with Crippen LogP contribution in [0.3, 0.4) is 0 Å². The molecule has 2 aromatic carbocycles. The molecule has 3 atom stereocenters. The molecule has 3 amide bonds. The van der Waals surface area contributed by atoms with Crippen molar-refractivity contribution in [1.82, 2.24) is 10.2 Å². The standard InChI is InChI=1S/C27H32FN3O5/c1-16(2)26(33)30-18-8-11-23-20(12-18)27(34)31(3)22-10-9-19(36-24(22)15-35-23)13-25(32)29-14-17-6-4-5-7-21(17)28/h4-8,11-12,16,19,22,24H,9-10,13-15H2,1-3H3,(H,29,32)(H,30,33)/t19-,22-,24+/m0/s1. The van der Waals surface area contributed by atoms with Crippen molar-refractivity contribution in [3.8, 4) is 5.75 Å². The van der Waals surface area contributed by atoms with E-state index in [1.807, 2.05) is 0 Å². The minimum atomic E-state index is -0.398. The van der Waals surface area contributed by atoms with E-state index in [0.717, 1.165) is 0 Å². The Balaban J connectivity index is 1.39. The quantitative estimate of drug-likeness (QED) is 0.637. The molecule has 0 spiro atoms. The van der Waals surface area contributed by atoms with Gasteiger partial charge in [0.15, 0.2) is 0 Å². The van der Waals surface area contributed by atoms with E-state index in [9.17, 15) is 18.8 Å². The maximum atomic E-state index is 13.8. The summed E-state index contributed by atoms with van der Waals surface area (Å²) < 4.78 is 26.0. The van der Waals surface area contributed by atoms with Crippen LogP contribution < -0.4 is 15.4 Å². The maximum Gasteiger partial charge on any atom is 0.257 e. The number of fused-ring (bicyclic) bond motifs is 2. The summed E-state index contributed by atoms with van der Waals surface area (Å²) >= 11 is 0.